The van der Waals surface area contributed by atoms with Crippen molar-refractivity contribution in [3.05, 3.63) is 28.8 Å². The van der Waals surface area contributed by atoms with Crippen molar-refractivity contribution in [3.63, 3.8) is 0 Å². The third kappa shape index (κ3) is 3.93. The molecular weight excluding hydrogens is 302 g/mol. The van der Waals surface area contributed by atoms with Crippen LogP contribution in [0.2, 0.25) is 5.02 Å². The van der Waals surface area contributed by atoms with Crippen LogP contribution in [-0.4, -0.2) is 33.3 Å². The van der Waals surface area contributed by atoms with Gasteiger partial charge in [-0.2, -0.15) is 0 Å². The molecule has 0 aromatic heterocycles. The Hall–Kier alpha value is -0.660. The standard InChI is InChI=1S/C13H18ClNO4S/c14-13-4-3-12(6-11(13)8-16)20(17,18)15-7-10-2-1-5-19-9-10/h3-4,6,10,15-16H,1-2,5,7-9H2. The van der Waals surface area contributed by atoms with Crippen LogP contribution in [-0.2, 0) is 21.4 Å². The number of rotatable bonds is 5. The second-order valence-corrected chi connectivity index (χ2v) is 7.02. The number of nitrogens with one attached hydrogen (secondary N) is 1. The van der Waals surface area contributed by atoms with Crippen LogP contribution in [0, 0.1) is 5.92 Å². The molecule has 20 heavy (non-hydrogen) atoms. The number of aliphatic hydroxyl groups is 1. The van der Waals surface area contributed by atoms with Crippen molar-refractivity contribution in [2.24, 2.45) is 5.92 Å². The summed E-state index contributed by atoms with van der Waals surface area (Å²) in [6, 6.07) is 4.30. The molecule has 1 fully saturated rings. The van der Waals surface area contributed by atoms with E-state index in [1.165, 1.54) is 18.2 Å². The van der Waals surface area contributed by atoms with Gasteiger partial charge in [-0.05, 0) is 42.5 Å². The van der Waals surface area contributed by atoms with Crippen molar-refractivity contribution in [1.29, 1.82) is 0 Å². The minimum Gasteiger partial charge on any atom is -0.392 e. The summed E-state index contributed by atoms with van der Waals surface area (Å²) < 4.78 is 32.3. The number of sulfonamides is 1. The summed E-state index contributed by atoms with van der Waals surface area (Å²) in [6.07, 6.45) is 1.92. The average Bonchev–Trinajstić information content (AvgIpc) is 2.46. The average molecular weight is 320 g/mol. The summed E-state index contributed by atoms with van der Waals surface area (Å²) in [5, 5.41) is 9.48. The number of hydrogen-bond acceptors (Lipinski definition) is 4. The van der Waals surface area contributed by atoms with Crippen LogP contribution >= 0.6 is 11.6 Å². The lowest BCUT2D eigenvalue weighted by Gasteiger charge is -2.22. The van der Waals surface area contributed by atoms with Gasteiger partial charge in [-0.3, -0.25) is 0 Å². The van der Waals surface area contributed by atoms with Crippen molar-refractivity contribution >= 4 is 21.6 Å². The third-order valence-corrected chi connectivity index (χ3v) is 5.10. The Morgan fingerprint density at radius 1 is 1.45 bits per heavy atom. The fourth-order valence-corrected chi connectivity index (χ4v) is 3.46. The van der Waals surface area contributed by atoms with Gasteiger partial charge in [0.15, 0.2) is 0 Å². The van der Waals surface area contributed by atoms with E-state index in [1.807, 2.05) is 0 Å². The summed E-state index contributed by atoms with van der Waals surface area (Å²) in [5.41, 5.74) is 0.399. The van der Waals surface area contributed by atoms with Gasteiger partial charge in [0.25, 0.3) is 0 Å². The van der Waals surface area contributed by atoms with Crippen LogP contribution < -0.4 is 4.72 Å². The Morgan fingerprint density at radius 2 is 2.25 bits per heavy atom. The molecule has 2 N–H and O–H groups in total. The first-order valence-electron chi connectivity index (χ1n) is 6.49. The van der Waals surface area contributed by atoms with Crippen molar-refractivity contribution in [3.8, 4) is 0 Å². The molecule has 1 heterocycles. The van der Waals surface area contributed by atoms with Gasteiger partial charge in [0, 0.05) is 18.2 Å². The van der Waals surface area contributed by atoms with Crippen LogP contribution in [0.15, 0.2) is 23.1 Å². The van der Waals surface area contributed by atoms with E-state index >= 15 is 0 Å². The van der Waals surface area contributed by atoms with Gasteiger partial charge in [-0.1, -0.05) is 11.6 Å². The molecule has 1 atom stereocenters. The van der Waals surface area contributed by atoms with Crippen LogP contribution in [0.1, 0.15) is 18.4 Å². The summed E-state index contributed by atoms with van der Waals surface area (Å²) in [4.78, 5) is 0.114. The molecular formula is C13H18ClNO4S. The highest BCUT2D eigenvalue weighted by Crippen LogP contribution is 2.21. The topological polar surface area (TPSA) is 75.6 Å². The predicted molar refractivity (Wildman–Crippen MR) is 76.1 cm³/mol. The molecule has 2 rings (SSSR count). The highest BCUT2D eigenvalue weighted by molar-refractivity contribution is 7.89. The summed E-state index contributed by atoms with van der Waals surface area (Å²) >= 11 is 5.85. The van der Waals surface area contributed by atoms with Crippen LogP contribution in [0.3, 0.4) is 0 Å². The minimum absolute atomic E-state index is 0.114. The second-order valence-electron chi connectivity index (χ2n) is 4.85. The van der Waals surface area contributed by atoms with Gasteiger partial charge in [0.1, 0.15) is 0 Å². The summed E-state index contributed by atoms with van der Waals surface area (Å²) in [7, 11) is -3.58. The van der Waals surface area contributed by atoms with Crippen molar-refractivity contribution in [2.75, 3.05) is 19.8 Å². The quantitative estimate of drug-likeness (QED) is 0.863. The van der Waals surface area contributed by atoms with Gasteiger partial charge in [-0.15, -0.1) is 0 Å². The Bertz CT molecular complexity index is 555. The Morgan fingerprint density at radius 3 is 2.90 bits per heavy atom. The van der Waals surface area contributed by atoms with Gasteiger partial charge >= 0.3 is 0 Å². The van der Waals surface area contributed by atoms with E-state index in [9.17, 15) is 8.42 Å². The molecule has 5 nitrogen and oxygen atoms in total. The van der Waals surface area contributed by atoms with Gasteiger partial charge in [0.2, 0.25) is 10.0 Å². The maximum atomic E-state index is 12.2. The van der Waals surface area contributed by atoms with Gasteiger partial charge in [-0.25, -0.2) is 13.1 Å². The number of ether oxygens (including phenoxy) is 1. The van der Waals surface area contributed by atoms with Crippen molar-refractivity contribution in [1.82, 2.24) is 4.72 Å². The van der Waals surface area contributed by atoms with Crippen LogP contribution in [0.4, 0.5) is 0 Å². The lowest BCUT2D eigenvalue weighted by molar-refractivity contribution is 0.0568. The zero-order chi connectivity index (χ0) is 14.6. The molecule has 1 aliphatic rings. The lowest BCUT2D eigenvalue weighted by Crippen LogP contribution is -2.33. The van der Waals surface area contributed by atoms with Crippen molar-refractivity contribution < 1.29 is 18.3 Å². The van der Waals surface area contributed by atoms with Gasteiger partial charge in [0.05, 0.1) is 18.1 Å². The number of hydrogen-bond donors (Lipinski definition) is 2. The molecule has 7 heteroatoms. The zero-order valence-electron chi connectivity index (χ0n) is 11.0. The SMILES string of the molecule is O=S(=O)(NCC1CCCOC1)c1ccc(Cl)c(CO)c1. The fourth-order valence-electron chi connectivity index (χ4n) is 2.12. The predicted octanol–water partition coefficient (Wildman–Crippen LogP) is 1.54. The van der Waals surface area contributed by atoms with Gasteiger partial charge < -0.3 is 9.84 Å². The number of aliphatic hydroxyl groups excluding tert-OH is 1. The van der Waals surface area contributed by atoms with E-state index < -0.39 is 10.0 Å². The highest BCUT2D eigenvalue weighted by atomic mass is 35.5. The Labute approximate surface area is 124 Å². The maximum absolute atomic E-state index is 12.2. The largest absolute Gasteiger partial charge is 0.392 e. The minimum atomic E-state index is -3.58. The lowest BCUT2D eigenvalue weighted by atomic mass is 10.0. The fraction of sp³-hybridized carbons (Fsp3) is 0.538. The first-order chi connectivity index (χ1) is 9.53. The smallest absolute Gasteiger partial charge is 0.240 e. The normalized spacial score (nSPS) is 20.0. The third-order valence-electron chi connectivity index (χ3n) is 3.31. The maximum Gasteiger partial charge on any atom is 0.240 e. The van der Waals surface area contributed by atoms with E-state index in [0.29, 0.717) is 23.7 Å². The summed E-state index contributed by atoms with van der Waals surface area (Å²) in [6.45, 7) is 1.41. The molecule has 0 radical (unpaired) electrons. The van der Waals surface area contributed by atoms with Crippen LogP contribution in [0.25, 0.3) is 0 Å². The van der Waals surface area contributed by atoms with E-state index in [0.717, 1.165) is 19.4 Å². The molecule has 0 saturated carbocycles. The molecule has 1 aromatic carbocycles. The molecule has 0 spiro atoms. The number of halogens is 1. The Kier molecular flexibility index (Phi) is 5.40. The van der Waals surface area contributed by atoms with E-state index in [4.69, 9.17) is 21.4 Å². The van der Waals surface area contributed by atoms with E-state index in [-0.39, 0.29) is 17.4 Å². The number of benzene rings is 1. The van der Waals surface area contributed by atoms with Crippen LogP contribution in [0.5, 0.6) is 0 Å². The van der Waals surface area contributed by atoms with Crippen molar-refractivity contribution in [2.45, 2.75) is 24.3 Å². The summed E-state index contributed by atoms with van der Waals surface area (Å²) in [5.74, 6) is 0.211. The van der Waals surface area contributed by atoms with E-state index in [1.54, 1.807) is 0 Å². The molecule has 112 valence electrons. The molecule has 0 amide bonds. The van der Waals surface area contributed by atoms with E-state index in [2.05, 4.69) is 4.72 Å². The molecule has 1 unspecified atom stereocenters. The zero-order valence-corrected chi connectivity index (χ0v) is 12.6. The molecule has 1 aromatic rings. The molecule has 0 bridgehead atoms. The molecule has 1 saturated heterocycles. The second kappa shape index (κ2) is 6.87. The Balaban J connectivity index is 2.05. The first kappa shape index (κ1) is 15.7. The monoisotopic (exact) mass is 319 g/mol. The first-order valence-corrected chi connectivity index (χ1v) is 8.36. The highest BCUT2D eigenvalue weighted by Gasteiger charge is 2.19. The molecule has 1 aliphatic heterocycles. The molecule has 0 aliphatic carbocycles.